The van der Waals surface area contributed by atoms with Crippen LogP contribution in [0.5, 0.6) is 5.75 Å². The molecule has 146 valence electrons. The highest BCUT2D eigenvalue weighted by atomic mass is 32.2. The van der Waals surface area contributed by atoms with Crippen LogP contribution in [-0.2, 0) is 14.6 Å². The topological polar surface area (TPSA) is 114 Å². The molecule has 0 bridgehead atoms. The number of anilines is 1. The molecular formula is C18H24N4O4S. The fourth-order valence-corrected chi connectivity index (χ4v) is 4.52. The number of benzene rings is 1. The first-order valence-corrected chi connectivity index (χ1v) is 10.4. The Morgan fingerprint density at radius 1 is 1.37 bits per heavy atom. The van der Waals surface area contributed by atoms with Crippen molar-refractivity contribution in [2.75, 3.05) is 44.0 Å². The number of carbonyl (C=O) groups excluding carboxylic acids is 1. The summed E-state index contributed by atoms with van der Waals surface area (Å²) in [5, 5.41) is 21.7. The molecule has 2 N–H and O–H groups in total. The van der Waals surface area contributed by atoms with Gasteiger partial charge >= 0.3 is 0 Å². The van der Waals surface area contributed by atoms with E-state index in [1.807, 2.05) is 25.1 Å². The maximum Gasteiger partial charge on any atom is 0.267 e. The van der Waals surface area contributed by atoms with Crippen molar-refractivity contribution >= 4 is 21.4 Å². The summed E-state index contributed by atoms with van der Waals surface area (Å²) < 4.78 is 23.6. The van der Waals surface area contributed by atoms with E-state index in [1.165, 1.54) is 18.3 Å². The number of phenolic OH excluding ortho intramolecular Hbond substituents is 1. The molecule has 1 amide bonds. The second-order valence-corrected chi connectivity index (χ2v) is 8.95. The molecule has 2 rings (SSSR count). The Morgan fingerprint density at radius 3 is 2.63 bits per heavy atom. The summed E-state index contributed by atoms with van der Waals surface area (Å²) in [6.07, 6.45) is 1.89. The smallest absolute Gasteiger partial charge is 0.267 e. The van der Waals surface area contributed by atoms with Crippen LogP contribution in [0.3, 0.4) is 0 Å². The van der Waals surface area contributed by atoms with Crippen molar-refractivity contribution in [1.82, 2.24) is 9.80 Å². The Labute approximate surface area is 159 Å². The lowest BCUT2D eigenvalue weighted by molar-refractivity contribution is -0.112. The second kappa shape index (κ2) is 8.88. The summed E-state index contributed by atoms with van der Waals surface area (Å²) in [4.78, 5) is 16.1. The molecule has 9 heteroatoms. The van der Waals surface area contributed by atoms with Crippen molar-refractivity contribution in [2.45, 2.75) is 12.5 Å². The van der Waals surface area contributed by atoms with E-state index >= 15 is 0 Å². The molecule has 1 aromatic rings. The van der Waals surface area contributed by atoms with Crippen LogP contribution in [-0.4, -0.2) is 74.0 Å². The number of hydrogen-bond acceptors (Lipinski definition) is 7. The normalized spacial score (nSPS) is 18.9. The minimum atomic E-state index is -3.10. The maximum absolute atomic E-state index is 12.4. The average Bonchev–Trinajstić information content (AvgIpc) is 2.96. The van der Waals surface area contributed by atoms with E-state index < -0.39 is 15.7 Å². The van der Waals surface area contributed by atoms with Gasteiger partial charge in [0.1, 0.15) is 17.4 Å². The molecular weight excluding hydrogens is 368 g/mol. The molecule has 1 atom stereocenters. The molecule has 0 saturated carbocycles. The predicted molar refractivity (Wildman–Crippen MR) is 103 cm³/mol. The minimum Gasteiger partial charge on any atom is -0.506 e. The van der Waals surface area contributed by atoms with E-state index in [4.69, 9.17) is 0 Å². The first kappa shape index (κ1) is 20.7. The molecule has 1 aliphatic heterocycles. The van der Waals surface area contributed by atoms with Gasteiger partial charge in [0.05, 0.1) is 17.2 Å². The molecule has 8 nitrogen and oxygen atoms in total. The lowest BCUT2D eigenvalue weighted by Gasteiger charge is -2.28. The van der Waals surface area contributed by atoms with Crippen molar-refractivity contribution in [2.24, 2.45) is 0 Å². The molecule has 0 radical (unpaired) electrons. The lowest BCUT2D eigenvalue weighted by atomic mass is 10.2. The monoisotopic (exact) mass is 392 g/mol. The summed E-state index contributed by atoms with van der Waals surface area (Å²) in [6.45, 7) is 1.13. The van der Waals surface area contributed by atoms with Crippen molar-refractivity contribution < 1.29 is 18.3 Å². The molecule has 27 heavy (non-hydrogen) atoms. The summed E-state index contributed by atoms with van der Waals surface area (Å²) in [5.41, 5.74) is 0.0493. The van der Waals surface area contributed by atoms with Gasteiger partial charge in [-0.1, -0.05) is 12.1 Å². The average molecular weight is 392 g/mol. The van der Waals surface area contributed by atoms with Gasteiger partial charge in [-0.3, -0.25) is 4.79 Å². The highest BCUT2D eigenvalue weighted by molar-refractivity contribution is 7.91. The molecule has 1 aromatic carbocycles. The van der Waals surface area contributed by atoms with E-state index in [2.05, 4.69) is 5.32 Å². The third-order valence-electron chi connectivity index (χ3n) is 4.30. The lowest BCUT2D eigenvalue weighted by Crippen LogP contribution is -2.37. The fourth-order valence-electron chi connectivity index (χ4n) is 2.78. The summed E-state index contributed by atoms with van der Waals surface area (Å²) in [5.74, 6) is -0.642. The van der Waals surface area contributed by atoms with Crippen LogP contribution in [0.2, 0.25) is 0 Å². The minimum absolute atomic E-state index is 0.0106. The standard InChI is InChI=1S/C18H24N4O4S/c1-21(2)8-9-22(15-7-10-27(25,26)13-15)12-14(11-19)18(24)20-16-5-3-4-6-17(16)23/h3-6,12,15,23H,7-10,13H2,1-2H3,(H,20,24)/b14-12-. The summed E-state index contributed by atoms with van der Waals surface area (Å²) >= 11 is 0. The predicted octanol–water partition coefficient (Wildman–Crippen LogP) is 0.789. The van der Waals surface area contributed by atoms with Gasteiger partial charge in [-0.05, 0) is 32.6 Å². The van der Waals surface area contributed by atoms with Crippen molar-refractivity contribution in [3.8, 4) is 11.8 Å². The van der Waals surface area contributed by atoms with Gasteiger partial charge in [0.15, 0.2) is 9.84 Å². The fraction of sp³-hybridized carbons (Fsp3) is 0.444. The zero-order valence-corrected chi connectivity index (χ0v) is 16.2. The van der Waals surface area contributed by atoms with Gasteiger partial charge in [-0.15, -0.1) is 0 Å². The number of amides is 1. The zero-order valence-electron chi connectivity index (χ0n) is 15.4. The van der Waals surface area contributed by atoms with E-state index in [-0.39, 0.29) is 34.6 Å². The van der Waals surface area contributed by atoms with Gasteiger partial charge in [-0.2, -0.15) is 5.26 Å². The third-order valence-corrected chi connectivity index (χ3v) is 6.05. The first-order chi connectivity index (χ1) is 12.7. The summed E-state index contributed by atoms with van der Waals surface area (Å²) in [7, 11) is 0.687. The number of hydrogen-bond donors (Lipinski definition) is 2. The molecule has 1 fully saturated rings. The number of phenols is 1. The number of sulfone groups is 1. The SMILES string of the molecule is CN(C)CCN(/C=C(/C#N)C(=O)Nc1ccccc1O)C1CCS(=O)(=O)C1. The zero-order chi connectivity index (χ0) is 20.0. The number of nitriles is 1. The molecule has 1 saturated heterocycles. The van der Waals surface area contributed by atoms with E-state index in [0.717, 1.165) is 0 Å². The van der Waals surface area contributed by atoms with Gasteiger partial charge in [0.2, 0.25) is 0 Å². The van der Waals surface area contributed by atoms with Crippen molar-refractivity contribution in [3.05, 3.63) is 36.0 Å². The summed E-state index contributed by atoms with van der Waals surface area (Å²) in [6, 6.07) is 7.82. The molecule has 0 aromatic heterocycles. The van der Waals surface area contributed by atoms with Gasteiger partial charge in [-0.25, -0.2) is 8.42 Å². The van der Waals surface area contributed by atoms with Crippen LogP contribution < -0.4 is 5.32 Å². The number of carbonyl (C=O) groups is 1. The van der Waals surface area contributed by atoms with E-state index in [1.54, 1.807) is 17.0 Å². The Hall–Kier alpha value is -2.57. The Balaban J connectivity index is 2.21. The number of nitrogens with one attached hydrogen (secondary N) is 1. The molecule has 0 aliphatic carbocycles. The number of nitrogens with zero attached hydrogens (tertiary/aromatic N) is 3. The van der Waals surface area contributed by atoms with Gasteiger partial charge in [0, 0.05) is 25.3 Å². The van der Waals surface area contributed by atoms with Crippen LogP contribution in [0, 0.1) is 11.3 Å². The number of para-hydroxylation sites is 2. The first-order valence-electron chi connectivity index (χ1n) is 8.54. The largest absolute Gasteiger partial charge is 0.506 e. The van der Waals surface area contributed by atoms with Gasteiger partial charge in [0.25, 0.3) is 5.91 Å². The maximum atomic E-state index is 12.4. The number of rotatable bonds is 7. The van der Waals surface area contributed by atoms with Gasteiger partial charge < -0.3 is 20.2 Å². The van der Waals surface area contributed by atoms with Crippen LogP contribution in [0.1, 0.15) is 6.42 Å². The van der Waals surface area contributed by atoms with Crippen LogP contribution >= 0.6 is 0 Å². The van der Waals surface area contributed by atoms with Crippen molar-refractivity contribution in [3.63, 3.8) is 0 Å². The number of aromatic hydroxyl groups is 1. The number of likely N-dealkylation sites (N-methyl/N-ethyl adjacent to an activating group) is 1. The van der Waals surface area contributed by atoms with E-state index in [9.17, 15) is 23.6 Å². The van der Waals surface area contributed by atoms with E-state index in [0.29, 0.717) is 19.5 Å². The molecule has 1 aliphatic rings. The Bertz CT molecular complexity index is 858. The van der Waals surface area contributed by atoms with Crippen LogP contribution in [0.4, 0.5) is 5.69 Å². The highest BCUT2D eigenvalue weighted by Gasteiger charge is 2.31. The molecule has 1 heterocycles. The quantitative estimate of drug-likeness (QED) is 0.401. The van der Waals surface area contributed by atoms with Crippen LogP contribution in [0.15, 0.2) is 36.0 Å². The molecule has 1 unspecified atom stereocenters. The van der Waals surface area contributed by atoms with Crippen LogP contribution in [0.25, 0.3) is 0 Å². The van der Waals surface area contributed by atoms with Crippen molar-refractivity contribution in [1.29, 1.82) is 5.26 Å². The third kappa shape index (κ3) is 5.98. The molecule has 0 spiro atoms. The second-order valence-electron chi connectivity index (χ2n) is 6.72. The Morgan fingerprint density at radius 2 is 2.07 bits per heavy atom. The highest BCUT2D eigenvalue weighted by Crippen LogP contribution is 2.23. The Kier molecular flexibility index (Phi) is 6.82.